The third kappa shape index (κ3) is 1.44. The first-order chi connectivity index (χ1) is 4.90. The molecule has 1 heterocycles. The summed E-state index contributed by atoms with van der Waals surface area (Å²) in [6.07, 6.45) is 0.627. The van der Waals surface area contributed by atoms with Gasteiger partial charge >= 0.3 is 0 Å². The fourth-order valence-electron chi connectivity index (χ4n) is 1.30. The van der Waals surface area contributed by atoms with Crippen LogP contribution in [0.4, 0.5) is 0 Å². The number of rotatable bonds is 1. The van der Waals surface area contributed by atoms with E-state index in [0.717, 1.165) is 6.29 Å². The summed E-state index contributed by atoms with van der Waals surface area (Å²) in [5.74, 6) is -0.630. The average Bonchev–Trinajstić information content (AvgIpc) is 2.03. The van der Waals surface area contributed by atoms with Crippen LogP contribution in [0.5, 0.6) is 0 Å². The van der Waals surface area contributed by atoms with Crippen LogP contribution in [0.1, 0.15) is 27.7 Å². The molecule has 0 radical (unpaired) electrons. The number of carbonyl (C=O) groups excluding carboxylic acids is 1. The van der Waals surface area contributed by atoms with Crippen molar-refractivity contribution in [1.29, 1.82) is 0 Å². The molecule has 1 aliphatic heterocycles. The van der Waals surface area contributed by atoms with E-state index < -0.39 is 11.4 Å². The number of hydrogen-bond acceptors (Lipinski definition) is 3. The monoisotopic (exact) mass is 158 g/mol. The minimum atomic E-state index is -0.774. The van der Waals surface area contributed by atoms with Gasteiger partial charge in [0.15, 0.2) is 12.1 Å². The molecular formula is C8H14O3. The molecule has 11 heavy (non-hydrogen) atoms. The lowest BCUT2D eigenvalue weighted by Crippen LogP contribution is -2.36. The van der Waals surface area contributed by atoms with Crippen molar-refractivity contribution in [1.82, 2.24) is 0 Å². The van der Waals surface area contributed by atoms with Crippen LogP contribution in [0.2, 0.25) is 0 Å². The molecule has 0 unspecified atom stereocenters. The Labute approximate surface area is 66.7 Å². The van der Waals surface area contributed by atoms with E-state index in [1.807, 2.05) is 6.92 Å². The van der Waals surface area contributed by atoms with Crippen LogP contribution in [0.3, 0.4) is 0 Å². The van der Waals surface area contributed by atoms with Crippen LogP contribution in [-0.4, -0.2) is 23.8 Å². The maximum atomic E-state index is 10.6. The van der Waals surface area contributed by atoms with E-state index in [-0.39, 0.29) is 6.10 Å². The second kappa shape index (κ2) is 2.29. The summed E-state index contributed by atoms with van der Waals surface area (Å²) in [6.45, 7) is 7.18. The van der Waals surface area contributed by atoms with Crippen LogP contribution in [0.25, 0.3) is 0 Å². The smallest absolute Gasteiger partial charge is 0.164 e. The normalized spacial score (nSPS) is 42.4. The summed E-state index contributed by atoms with van der Waals surface area (Å²) < 4.78 is 10.8. The highest BCUT2D eigenvalue weighted by molar-refractivity contribution is 5.63. The van der Waals surface area contributed by atoms with Crippen molar-refractivity contribution in [2.24, 2.45) is 0 Å². The Bertz CT molecular complexity index is 176. The standard InChI is InChI=1S/C8H14O3/c1-6-8(4,5-9)11-7(2,3)10-6/h5-6H,1-4H3/t6-,8-/m0/s1. The lowest BCUT2D eigenvalue weighted by molar-refractivity contribution is -0.163. The van der Waals surface area contributed by atoms with Gasteiger partial charge in [-0.25, -0.2) is 0 Å². The first-order valence-electron chi connectivity index (χ1n) is 3.74. The van der Waals surface area contributed by atoms with Gasteiger partial charge in [0.1, 0.15) is 5.60 Å². The molecule has 1 rings (SSSR count). The van der Waals surface area contributed by atoms with Gasteiger partial charge < -0.3 is 14.3 Å². The molecule has 3 nitrogen and oxygen atoms in total. The van der Waals surface area contributed by atoms with Crippen LogP contribution < -0.4 is 0 Å². The quantitative estimate of drug-likeness (QED) is 0.536. The number of carbonyl (C=O) groups is 1. The van der Waals surface area contributed by atoms with Crippen molar-refractivity contribution in [2.45, 2.75) is 45.2 Å². The van der Waals surface area contributed by atoms with E-state index >= 15 is 0 Å². The minimum Gasteiger partial charge on any atom is -0.344 e. The fourth-order valence-corrected chi connectivity index (χ4v) is 1.30. The van der Waals surface area contributed by atoms with Crippen LogP contribution in [0, 0.1) is 0 Å². The molecule has 0 aromatic rings. The van der Waals surface area contributed by atoms with Gasteiger partial charge in [-0.15, -0.1) is 0 Å². The van der Waals surface area contributed by atoms with Crippen molar-refractivity contribution in [3.8, 4) is 0 Å². The Morgan fingerprint density at radius 1 is 1.36 bits per heavy atom. The number of aldehydes is 1. The number of hydrogen-bond donors (Lipinski definition) is 0. The van der Waals surface area contributed by atoms with E-state index in [0.29, 0.717) is 0 Å². The van der Waals surface area contributed by atoms with Crippen molar-refractivity contribution in [2.75, 3.05) is 0 Å². The molecular weight excluding hydrogens is 144 g/mol. The molecule has 0 N–H and O–H groups in total. The molecule has 0 bridgehead atoms. The topological polar surface area (TPSA) is 35.5 Å². The maximum Gasteiger partial charge on any atom is 0.164 e. The summed E-state index contributed by atoms with van der Waals surface area (Å²) in [6, 6.07) is 0. The third-order valence-corrected chi connectivity index (χ3v) is 1.97. The maximum absolute atomic E-state index is 10.6. The van der Waals surface area contributed by atoms with Gasteiger partial charge in [-0.1, -0.05) is 0 Å². The lowest BCUT2D eigenvalue weighted by Gasteiger charge is -2.20. The van der Waals surface area contributed by atoms with Crippen molar-refractivity contribution < 1.29 is 14.3 Å². The molecule has 0 amide bonds. The third-order valence-electron chi connectivity index (χ3n) is 1.97. The molecule has 0 spiro atoms. The highest BCUT2D eigenvalue weighted by Crippen LogP contribution is 2.34. The summed E-state index contributed by atoms with van der Waals surface area (Å²) >= 11 is 0. The van der Waals surface area contributed by atoms with E-state index in [1.54, 1.807) is 20.8 Å². The van der Waals surface area contributed by atoms with Gasteiger partial charge in [-0.3, -0.25) is 0 Å². The zero-order valence-electron chi connectivity index (χ0n) is 7.38. The summed E-state index contributed by atoms with van der Waals surface area (Å²) in [5, 5.41) is 0. The predicted molar refractivity (Wildman–Crippen MR) is 40.2 cm³/mol. The van der Waals surface area contributed by atoms with Crippen molar-refractivity contribution in [3.05, 3.63) is 0 Å². The van der Waals surface area contributed by atoms with Gasteiger partial charge in [0.05, 0.1) is 6.10 Å². The second-order valence-corrected chi connectivity index (χ2v) is 3.56. The SMILES string of the molecule is C[C@@H]1OC(C)(C)O[C@@]1(C)C=O. The molecule has 0 aromatic heterocycles. The molecule has 64 valence electrons. The molecule has 2 atom stereocenters. The molecule has 0 aromatic carbocycles. The Balaban J connectivity index is 2.81. The predicted octanol–water partition coefficient (Wildman–Crippen LogP) is 1.12. The highest BCUT2D eigenvalue weighted by Gasteiger charge is 2.47. The zero-order valence-corrected chi connectivity index (χ0v) is 7.38. The fraction of sp³-hybridized carbons (Fsp3) is 0.875. The van der Waals surface area contributed by atoms with E-state index in [1.165, 1.54) is 0 Å². The summed E-state index contributed by atoms with van der Waals surface area (Å²) in [4.78, 5) is 10.6. The first-order valence-corrected chi connectivity index (χ1v) is 3.74. The van der Waals surface area contributed by atoms with Gasteiger partial charge in [0.25, 0.3) is 0 Å². The minimum absolute atomic E-state index is 0.171. The molecule has 1 aliphatic rings. The van der Waals surface area contributed by atoms with E-state index in [9.17, 15) is 4.79 Å². The Morgan fingerprint density at radius 3 is 2.09 bits per heavy atom. The Hall–Kier alpha value is -0.410. The molecule has 0 saturated carbocycles. The first kappa shape index (κ1) is 8.68. The largest absolute Gasteiger partial charge is 0.344 e. The van der Waals surface area contributed by atoms with E-state index in [2.05, 4.69) is 0 Å². The van der Waals surface area contributed by atoms with Crippen molar-refractivity contribution >= 4 is 6.29 Å². The molecule has 1 fully saturated rings. The Kier molecular flexibility index (Phi) is 1.81. The van der Waals surface area contributed by atoms with Crippen LogP contribution >= 0.6 is 0 Å². The van der Waals surface area contributed by atoms with Gasteiger partial charge in [0, 0.05) is 0 Å². The summed E-state index contributed by atoms with van der Waals surface area (Å²) in [5.41, 5.74) is -0.774. The zero-order chi connectivity index (χ0) is 8.70. The summed E-state index contributed by atoms with van der Waals surface area (Å²) in [7, 11) is 0. The molecule has 3 heteroatoms. The lowest BCUT2D eigenvalue weighted by atomic mass is 10.0. The molecule has 1 saturated heterocycles. The number of ether oxygens (including phenoxy) is 2. The van der Waals surface area contributed by atoms with Crippen molar-refractivity contribution in [3.63, 3.8) is 0 Å². The Morgan fingerprint density at radius 2 is 1.91 bits per heavy atom. The van der Waals surface area contributed by atoms with Gasteiger partial charge in [-0.05, 0) is 27.7 Å². The van der Waals surface area contributed by atoms with Gasteiger partial charge in [-0.2, -0.15) is 0 Å². The second-order valence-electron chi connectivity index (χ2n) is 3.56. The van der Waals surface area contributed by atoms with Crippen LogP contribution in [0.15, 0.2) is 0 Å². The van der Waals surface area contributed by atoms with E-state index in [4.69, 9.17) is 9.47 Å². The molecule has 0 aliphatic carbocycles. The van der Waals surface area contributed by atoms with Crippen LogP contribution in [-0.2, 0) is 14.3 Å². The highest BCUT2D eigenvalue weighted by atomic mass is 16.8. The van der Waals surface area contributed by atoms with Gasteiger partial charge in [0.2, 0.25) is 0 Å². The average molecular weight is 158 g/mol.